The lowest BCUT2D eigenvalue weighted by Gasteiger charge is -2.26. The van der Waals surface area contributed by atoms with Crippen molar-refractivity contribution in [3.63, 3.8) is 0 Å². The first kappa shape index (κ1) is 15.3. The van der Waals surface area contributed by atoms with Gasteiger partial charge in [0.1, 0.15) is 0 Å². The topological polar surface area (TPSA) is 75.4 Å². The molecule has 0 aromatic carbocycles. The Kier molecular flexibility index (Phi) is 5.40. The van der Waals surface area contributed by atoms with Crippen LogP contribution in [0.4, 0.5) is 0 Å². The lowest BCUT2D eigenvalue weighted by Crippen LogP contribution is -2.41. The lowest BCUT2D eigenvalue weighted by atomic mass is 9.88. The standard InChI is InChI=1S/C15H27N3O2/c1-11(16)9-14(19)17-13-7-8-18(10-13)15(20)12-5-3-2-4-6-12/h11-13H,2-10,16H2,1H3,(H,17,19). The summed E-state index contributed by atoms with van der Waals surface area (Å²) in [5, 5.41) is 2.99. The van der Waals surface area contributed by atoms with Gasteiger partial charge in [-0.3, -0.25) is 9.59 Å². The Balaban J connectivity index is 1.76. The van der Waals surface area contributed by atoms with Crippen LogP contribution in [0, 0.1) is 5.92 Å². The van der Waals surface area contributed by atoms with Gasteiger partial charge in [-0.25, -0.2) is 0 Å². The Morgan fingerprint density at radius 2 is 1.95 bits per heavy atom. The fourth-order valence-corrected chi connectivity index (χ4v) is 3.27. The van der Waals surface area contributed by atoms with Crippen molar-refractivity contribution in [2.24, 2.45) is 11.7 Å². The zero-order chi connectivity index (χ0) is 14.5. The maximum absolute atomic E-state index is 12.4. The third-order valence-electron chi connectivity index (χ3n) is 4.33. The zero-order valence-electron chi connectivity index (χ0n) is 12.4. The third-order valence-corrected chi connectivity index (χ3v) is 4.33. The van der Waals surface area contributed by atoms with Crippen molar-refractivity contribution in [1.29, 1.82) is 0 Å². The normalized spacial score (nSPS) is 25.5. The van der Waals surface area contributed by atoms with E-state index in [-0.39, 0.29) is 23.9 Å². The van der Waals surface area contributed by atoms with E-state index in [1.165, 1.54) is 19.3 Å². The second-order valence-corrected chi connectivity index (χ2v) is 6.35. The first-order valence-electron chi connectivity index (χ1n) is 7.90. The van der Waals surface area contributed by atoms with Gasteiger partial charge >= 0.3 is 0 Å². The van der Waals surface area contributed by atoms with Gasteiger partial charge in [-0.2, -0.15) is 0 Å². The van der Waals surface area contributed by atoms with Crippen molar-refractivity contribution in [1.82, 2.24) is 10.2 Å². The van der Waals surface area contributed by atoms with E-state index in [1.54, 1.807) is 0 Å². The number of likely N-dealkylation sites (tertiary alicyclic amines) is 1. The van der Waals surface area contributed by atoms with Gasteiger partial charge in [0.25, 0.3) is 0 Å². The fourth-order valence-electron chi connectivity index (χ4n) is 3.27. The quantitative estimate of drug-likeness (QED) is 0.808. The van der Waals surface area contributed by atoms with Crippen LogP contribution in [-0.2, 0) is 9.59 Å². The third kappa shape index (κ3) is 4.20. The van der Waals surface area contributed by atoms with Crippen molar-refractivity contribution in [2.45, 2.75) is 64.0 Å². The Bertz CT molecular complexity index is 351. The summed E-state index contributed by atoms with van der Waals surface area (Å²) in [7, 11) is 0. The minimum absolute atomic E-state index is 0.00281. The highest BCUT2D eigenvalue weighted by Gasteiger charge is 2.31. The van der Waals surface area contributed by atoms with Crippen LogP contribution < -0.4 is 11.1 Å². The van der Waals surface area contributed by atoms with Crippen LogP contribution in [0.25, 0.3) is 0 Å². The summed E-state index contributed by atoms with van der Waals surface area (Å²) in [6.07, 6.45) is 6.92. The monoisotopic (exact) mass is 281 g/mol. The molecule has 2 rings (SSSR count). The smallest absolute Gasteiger partial charge is 0.225 e. The predicted molar refractivity (Wildman–Crippen MR) is 78.0 cm³/mol. The summed E-state index contributed by atoms with van der Waals surface area (Å²) >= 11 is 0. The largest absolute Gasteiger partial charge is 0.351 e. The fraction of sp³-hybridized carbons (Fsp3) is 0.867. The number of nitrogens with zero attached hydrogens (tertiary/aromatic N) is 1. The van der Waals surface area contributed by atoms with Crippen LogP contribution in [-0.4, -0.2) is 41.9 Å². The Morgan fingerprint density at radius 3 is 2.60 bits per heavy atom. The number of amides is 2. The highest BCUT2D eigenvalue weighted by Crippen LogP contribution is 2.26. The summed E-state index contributed by atoms with van der Waals surface area (Å²) in [5.74, 6) is 0.521. The molecule has 0 aromatic rings. The maximum Gasteiger partial charge on any atom is 0.225 e. The van der Waals surface area contributed by atoms with E-state index in [0.29, 0.717) is 18.9 Å². The Labute approximate surface area is 121 Å². The summed E-state index contributed by atoms with van der Waals surface area (Å²) in [4.78, 5) is 26.0. The molecule has 5 nitrogen and oxygen atoms in total. The van der Waals surface area contributed by atoms with Crippen LogP contribution in [0.15, 0.2) is 0 Å². The van der Waals surface area contributed by atoms with Crippen molar-refractivity contribution >= 4 is 11.8 Å². The number of carbonyl (C=O) groups excluding carboxylic acids is 2. The molecular formula is C15H27N3O2. The van der Waals surface area contributed by atoms with Gasteiger partial charge in [-0.15, -0.1) is 0 Å². The molecule has 1 heterocycles. The molecule has 2 fully saturated rings. The summed E-state index contributed by atoms with van der Waals surface area (Å²) in [6.45, 7) is 3.27. The first-order chi connectivity index (χ1) is 9.56. The maximum atomic E-state index is 12.4. The summed E-state index contributed by atoms with van der Waals surface area (Å²) < 4.78 is 0. The molecule has 2 atom stereocenters. The van der Waals surface area contributed by atoms with E-state index in [9.17, 15) is 9.59 Å². The van der Waals surface area contributed by atoms with Crippen LogP contribution in [0.2, 0.25) is 0 Å². The first-order valence-corrected chi connectivity index (χ1v) is 7.90. The highest BCUT2D eigenvalue weighted by molar-refractivity contribution is 5.80. The van der Waals surface area contributed by atoms with Crippen LogP contribution >= 0.6 is 0 Å². The molecule has 5 heteroatoms. The highest BCUT2D eigenvalue weighted by atomic mass is 16.2. The van der Waals surface area contributed by atoms with Gasteiger partial charge in [0, 0.05) is 37.5 Å². The van der Waals surface area contributed by atoms with Crippen LogP contribution in [0.3, 0.4) is 0 Å². The molecule has 0 radical (unpaired) electrons. The molecule has 0 aromatic heterocycles. The number of carbonyl (C=O) groups is 2. The van der Waals surface area contributed by atoms with Crippen LogP contribution in [0.5, 0.6) is 0 Å². The van der Waals surface area contributed by atoms with Gasteiger partial charge < -0.3 is 16.0 Å². The van der Waals surface area contributed by atoms with Crippen molar-refractivity contribution in [3.8, 4) is 0 Å². The average molecular weight is 281 g/mol. The summed E-state index contributed by atoms with van der Waals surface area (Å²) in [5.41, 5.74) is 5.62. The van der Waals surface area contributed by atoms with Crippen LogP contribution in [0.1, 0.15) is 51.9 Å². The number of nitrogens with one attached hydrogen (secondary N) is 1. The van der Waals surface area contributed by atoms with E-state index >= 15 is 0 Å². The number of rotatable bonds is 4. The number of nitrogens with two attached hydrogens (primary N) is 1. The molecule has 3 N–H and O–H groups in total. The molecule has 0 bridgehead atoms. The Morgan fingerprint density at radius 1 is 1.25 bits per heavy atom. The van der Waals surface area contributed by atoms with Gasteiger partial charge in [-0.05, 0) is 26.2 Å². The van der Waals surface area contributed by atoms with E-state index in [4.69, 9.17) is 5.73 Å². The van der Waals surface area contributed by atoms with E-state index < -0.39 is 0 Å². The minimum atomic E-state index is -0.114. The minimum Gasteiger partial charge on any atom is -0.351 e. The van der Waals surface area contributed by atoms with Crippen molar-refractivity contribution < 1.29 is 9.59 Å². The molecule has 20 heavy (non-hydrogen) atoms. The van der Waals surface area contributed by atoms with E-state index in [1.807, 2.05) is 11.8 Å². The predicted octanol–water partition coefficient (Wildman–Crippen LogP) is 1.02. The van der Waals surface area contributed by atoms with Gasteiger partial charge in [-0.1, -0.05) is 19.3 Å². The molecule has 2 aliphatic rings. The lowest BCUT2D eigenvalue weighted by molar-refractivity contribution is -0.135. The van der Waals surface area contributed by atoms with Crippen molar-refractivity contribution in [3.05, 3.63) is 0 Å². The second kappa shape index (κ2) is 7.07. The van der Waals surface area contributed by atoms with Gasteiger partial charge in [0.2, 0.25) is 11.8 Å². The molecule has 1 saturated heterocycles. The number of hydrogen-bond donors (Lipinski definition) is 2. The SMILES string of the molecule is CC(N)CC(=O)NC1CCN(C(=O)C2CCCCC2)C1. The Hall–Kier alpha value is -1.10. The molecule has 2 unspecified atom stereocenters. The zero-order valence-corrected chi connectivity index (χ0v) is 12.4. The van der Waals surface area contributed by atoms with Crippen molar-refractivity contribution in [2.75, 3.05) is 13.1 Å². The number of hydrogen-bond acceptors (Lipinski definition) is 3. The molecule has 1 aliphatic carbocycles. The molecule has 2 amide bonds. The van der Waals surface area contributed by atoms with E-state index in [0.717, 1.165) is 25.8 Å². The summed E-state index contributed by atoms with van der Waals surface area (Å²) in [6, 6.07) is -0.00910. The van der Waals surface area contributed by atoms with E-state index in [2.05, 4.69) is 5.32 Å². The van der Waals surface area contributed by atoms with Gasteiger partial charge in [0.05, 0.1) is 0 Å². The molecule has 1 saturated carbocycles. The molecule has 0 spiro atoms. The molecular weight excluding hydrogens is 254 g/mol. The molecule has 114 valence electrons. The van der Waals surface area contributed by atoms with Gasteiger partial charge in [0.15, 0.2) is 0 Å². The molecule has 1 aliphatic heterocycles. The second-order valence-electron chi connectivity index (χ2n) is 6.35. The average Bonchev–Trinajstić information content (AvgIpc) is 2.86.